The molecule has 0 heterocycles. The first-order valence-electron chi connectivity index (χ1n) is 0. The quantitative estimate of drug-likeness (QED) is 0.140. The molecule has 0 radical (unpaired) electrons. The van der Waals surface area contributed by atoms with Crippen molar-refractivity contribution in [2.24, 2.45) is 0 Å². The molecule has 0 aromatic rings. The SMILES string of the molecule is N.N.N.N.N.N.N.N.N.N.N.N.N.N.N.N.N.N.N.N.N.N.N.N.N.N.N.N.N.N.N.N.N.N.N.N.N.N. The molecule has 0 aliphatic carbocycles. The Hall–Kier alpha value is -1.52. The molecule has 0 saturated carbocycles. The monoisotopic (exact) mass is 647 g/mol. The average molecular weight is 647 g/mol. The molecular weight excluding hydrogens is 532 g/mol. The summed E-state index contributed by atoms with van der Waals surface area (Å²) < 4.78 is 0. The van der Waals surface area contributed by atoms with Gasteiger partial charge in [-0.25, -0.2) is 0 Å². The van der Waals surface area contributed by atoms with Gasteiger partial charge in [0.25, 0.3) is 0 Å². The third kappa shape index (κ3) is 16700. The van der Waals surface area contributed by atoms with E-state index >= 15 is 0 Å². The van der Waals surface area contributed by atoms with Crippen molar-refractivity contribution in [1.29, 1.82) is 0 Å². The fourth-order valence-corrected chi connectivity index (χ4v) is 0. The van der Waals surface area contributed by atoms with Crippen LogP contribution in [0.25, 0.3) is 0 Å². The van der Waals surface area contributed by atoms with Crippen LogP contribution in [0.3, 0.4) is 0 Å². The van der Waals surface area contributed by atoms with E-state index in [1.165, 1.54) is 0 Å². The highest BCUT2D eigenvalue weighted by molar-refractivity contribution is 2.17. The van der Waals surface area contributed by atoms with Gasteiger partial charge in [0.2, 0.25) is 0 Å². The Morgan fingerprint density at radius 1 is 0.0263 bits per heavy atom. The number of rotatable bonds is 0. The van der Waals surface area contributed by atoms with Gasteiger partial charge >= 0.3 is 0 Å². The maximum atomic E-state index is 0. The summed E-state index contributed by atoms with van der Waals surface area (Å²) in [6, 6.07) is 0. The predicted molar refractivity (Wildman–Crippen MR) is 191 cm³/mol. The van der Waals surface area contributed by atoms with E-state index in [2.05, 4.69) is 0 Å². The molecule has 0 spiro atoms. The third-order valence-corrected chi connectivity index (χ3v) is 0. The summed E-state index contributed by atoms with van der Waals surface area (Å²) in [7, 11) is 0. The molecule has 0 saturated heterocycles. The normalized spacial score (nSPS) is 0. The van der Waals surface area contributed by atoms with Gasteiger partial charge in [-0.05, 0) is 0 Å². The van der Waals surface area contributed by atoms with E-state index in [1.807, 2.05) is 0 Å². The Morgan fingerprint density at radius 2 is 0.0263 bits per heavy atom. The van der Waals surface area contributed by atoms with Crippen molar-refractivity contribution in [3.05, 3.63) is 0 Å². The van der Waals surface area contributed by atoms with Crippen LogP contribution in [0.2, 0.25) is 0 Å². The lowest BCUT2D eigenvalue weighted by Gasteiger charge is -0.345. The Labute approximate surface area is 235 Å². The zero-order valence-electron chi connectivity index (χ0n) is 26.9. The van der Waals surface area contributed by atoms with Crippen LogP contribution in [0, 0.1) is 0 Å². The van der Waals surface area contributed by atoms with E-state index in [1.54, 1.807) is 0 Å². The molecular formula is H114N38. The second-order valence-corrected chi connectivity index (χ2v) is 0. The van der Waals surface area contributed by atoms with Gasteiger partial charge < -0.3 is 234 Å². The first kappa shape index (κ1) is 19900. The molecule has 38 heteroatoms. The second-order valence-electron chi connectivity index (χ2n) is 0. The Balaban J connectivity index is 0. The summed E-state index contributed by atoms with van der Waals surface area (Å²) in [5.41, 5.74) is 0. The summed E-state index contributed by atoms with van der Waals surface area (Å²) in [6.45, 7) is 0. The largest absolute Gasteiger partial charge is 0.344 e. The summed E-state index contributed by atoms with van der Waals surface area (Å²) >= 11 is 0. The molecule has 0 aromatic carbocycles. The molecule has 0 rings (SSSR count). The fraction of sp³-hybridized carbons (Fsp3) is 0. The lowest BCUT2D eigenvalue weighted by Crippen LogP contribution is -0.482. The van der Waals surface area contributed by atoms with Gasteiger partial charge in [0.1, 0.15) is 0 Å². The minimum absolute atomic E-state index is 0. The standard InChI is InChI=1S/38H3N/h38*1H3. The fourth-order valence-electron chi connectivity index (χ4n) is 0. The van der Waals surface area contributed by atoms with Gasteiger partial charge in [0, 0.05) is 0 Å². The minimum atomic E-state index is 0. The van der Waals surface area contributed by atoms with E-state index in [0.29, 0.717) is 0 Å². The van der Waals surface area contributed by atoms with Gasteiger partial charge in [0.15, 0.2) is 0 Å². The molecule has 0 bridgehead atoms. The van der Waals surface area contributed by atoms with Crippen molar-refractivity contribution in [3.63, 3.8) is 0 Å². The lowest BCUT2D eigenvalue weighted by molar-refractivity contribution is 2.13. The maximum absolute atomic E-state index is 0. The van der Waals surface area contributed by atoms with Crippen LogP contribution in [0.4, 0.5) is 0 Å². The molecule has 0 unspecified atom stereocenters. The van der Waals surface area contributed by atoms with Gasteiger partial charge in [-0.2, -0.15) is 0 Å². The van der Waals surface area contributed by atoms with Crippen LogP contribution >= 0.6 is 0 Å². The summed E-state index contributed by atoms with van der Waals surface area (Å²) in [4.78, 5) is 0. The van der Waals surface area contributed by atoms with Gasteiger partial charge in [0.05, 0.1) is 0 Å². The zero-order valence-corrected chi connectivity index (χ0v) is 26.9. The van der Waals surface area contributed by atoms with E-state index < -0.39 is 0 Å². The molecule has 38 heavy (non-hydrogen) atoms. The first-order valence-corrected chi connectivity index (χ1v) is 0. The molecule has 0 amide bonds. The summed E-state index contributed by atoms with van der Waals surface area (Å²) in [6.07, 6.45) is 0. The third-order valence-electron chi connectivity index (χ3n) is 0. The van der Waals surface area contributed by atoms with Crippen LogP contribution in [-0.4, -0.2) is 0 Å². The van der Waals surface area contributed by atoms with Gasteiger partial charge in [-0.3, -0.25) is 0 Å². The molecule has 0 aromatic heterocycles. The molecule has 304 valence electrons. The lowest BCUT2D eigenvalue weighted by atomic mass is 14.0. The number of hydrogen-bond donors (Lipinski definition) is 38. The van der Waals surface area contributed by atoms with E-state index in [9.17, 15) is 0 Å². The van der Waals surface area contributed by atoms with Gasteiger partial charge in [-0.1, -0.05) is 0 Å². The van der Waals surface area contributed by atoms with Crippen molar-refractivity contribution < 1.29 is 0 Å². The first-order chi connectivity index (χ1) is 0. The molecule has 38 nitrogen and oxygen atoms in total. The van der Waals surface area contributed by atoms with E-state index in [-0.39, 0.29) is 234 Å². The Kier molecular flexibility index (Phi) is 9550000. The van der Waals surface area contributed by atoms with Crippen LogP contribution < -0.4 is 234 Å². The second kappa shape index (κ2) is 18300. The molecule has 0 aliphatic rings. The van der Waals surface area contributed by atoms with Crippen molar-refractivity contribution >= 4 is 0 Å². The van der Waals surface area contributed by atoms with Crippen molar-refractivity contribution in [2.75, 3.05) is 0 Å². The zero-order chi connectivity index (χ0) is 0. The Morgan fingerprint density at radius 3 is 0.0263 bits per heavy atom. The van der Waals surface area contributed by atoms with Gasteiger partial charge in [-0.15, -0.1) is 0 Å². The maximum Gasteiger partial charge on any atom is -0.344 e. The average Bonchev–Trinajstić information content (AvgIpc) is 0. The van der Waals surface area contributed by atoms with Crippen molar-refractivity contribution in [2.45, 2.75) is 0 Å². The molecule has 0 aliphatic heterocycles. The number of hydrogen-bond acceptors (Lipinski definition) is 38. The molecule has 114 N–H and O–H groups in total. The Bertz CT molecular complexity index is 0. The highest BCUT2D eigenvalue weighted by Crippen LogP contribution is -0.444. The predicted octanol–water partition coefficient (Wildman–Crippen LogP) is 6.16. The van der Waals surface area contributed by atoms with Crippen LogP contribution in [0.5, 0.6) is 0 Å². The summed E-state index contributed by atoms with van der Waals surface area (Å²) in [5, 5.41) is 0. The highest BCUT2D eigenvalue weighted by Gasteiger charge is -0.307. The van der Waals surface area contributed by atoms with Crippen LogP contribution in [-0.2, 0) is 0 Å². The topological polar surface area (TPSA) is 1330 Å². The van der Waals surface area contributed by atoms with Crippen molar-refractivity contribution in [1.82, 2.24) is 234 Å². The van der Waals surface area contributed by atoms with Crippen LogP contribution in [0.15, 0.2) is 0 Å². The van der Waals surface area contributed by atoms with Crippen LogP contribution in [0.1, 0.15) is 0 Å². The van der Waals surface area contributed by atoms with E-state index in [0.717, 1.165) is 0 Å². The smallest absolute Gasteiger partial charge is 0.344 e. The van der Waals surface area contributed by atoms with E-state index in [4.69, 9.17) is 0 Å². The van der Waals surface area contributed by atoms with Crippen molar-refractivity contribution in [3.8, 4) is 0 Å². The summed E-state index contributed by atoms with van der Waals surface area (Å²) in [5.74, 6) is 0. The highest BCUT2D eigenvalue weighted by atomic mass is 14.0. The molecule has 0 fully saturated rings. The minimum Gasteiger partial charge on any atom is -0.344 e. The molecule has 0 atom stereocenters.